The number of ketones is 1. The zero-order chi connectivity index (χ0) is 20.0. The van der Waals surface area contributed by atoms with Crippen LogP contribution >= 0.6 is 0 Å². The predicted octanol–water partition coefficient (Wildman–Crippen LogP) is 3.51. The molecule has 0 aromatic rings. The molecule has 0 radical (unpaired) electrons. The monoisotopic (exact) mass is 370 g/mol. The second kappa shape index (κ2) is 9.62. The van der Waals surface area contributed by atoms with Crippen molar-refractivity contribution in [3.8, 4) is 0 Å². The van der Waals surface area contributed by atoms with E-state index < -0.39 is 11.2 Å². The first-order valence-corrected chi connectivity index (χ1v) is 9.33. The molecule has 0 bridgehead atoms. The van der Waals surface area contributed by atoms with Crippen LogP contribution in [0.5, 0.6) is 0 Å². The molecule has 1 aliphatic heterocycles. The van der Waals surface area contributed by atoms with Crippen molar-refractivity contribution in [1.29, 1.82) is 0 Å². The molecule has 0 aromatic heterocycles. The van der Waals surface area contributed by atoms with Crippen molar-refractivity contribution >= 4 is 11.8 Å². The summed E-state index contributed by atoms with van der Waals surface area (Å²) in [5.41, 5.74) is -0.677. The molecule has 6 heteroatoms. The molecule has 0 unspecified atom stereocenters. The molecule has 1 rings (SSSR count). The SMILES string of the molecule is C=C(CCCC(C)(C)O)C(=O)CC[C@@]1(C)CC[C@@H]([C@H](C)C(=O)OC)OO1. The standard InChI is InChI=1S/C20H34O6/c1-14(8-7-11-19(3,4)23)16(21)9-12-20(5)13-10-17(25-26-20)15(2)18(22)24-6/h15,17,23H,1,7-13H2,2-6H3/t15-,17-,20-/m0/s1. The number of hydrogen-bond donors (Lipinski definition) is 1. The number of allylic oxidation sites excluding steroid dienone is 1. The van der Waals surface area contributed by atoms with E-state index in [1.165, 1.54) is 7.11 Å². The minimum Gasteiger partial charge on any atom is -0.469 e. The number of aliphatic hydroxyl groups is 1. The molecule has 6 nitrogen and oxygen atoms in total. The summed E-state index contributed by atoms with van der Waals surface area (Å²) in [5, 5.41) is 9.71. The zero-order valence-electron chi connectivity index (χ0n) is 16.8. The average molecular weight is 370 g/mol. The van der Waals surface area contributed by atoms with E-state index >= 15 is 0 Å². The lowest BCUT2D eigenvalue weighted by Gasteiger charge is -2.37. The van der Waals surface area contributed by atoms with E-state index in [0.717, 1.165) is 6.42 Å². The molecule has 26 heavy (non-hydrogen) atoms. The van der Waals surface area contributed by atoms with Crippen LogP contribution in [0.1, 0.15) is 72.6 Å². The van der Waals surface area contributed by atoms with Crippen LogP contribution < -0.4 is 0 Å². The van der Waals surface area contributed by atoms with Gasteiger partial charge in [-0.15, -0.1) is 0 Å². The second-order valence-corrected chi connectivity index (χ2v) is 8.21. The van der Waals surface area contributed by atoms with Gasteiger partial charge < -0.3 is 9.84 Å². The highest BCUT2D eigenvalue weighted by Gasteiger charge is 2.38. The Balaban J connectivity index is 2.37. The molecule has 150 valence electrons. The van der Waals surface area contributed by atoms with Gasteiger partial charge in [0.05, 0.1) is 18.6 Å². The van der Waals surface area contributed by atoms with Crippen molar-refractivity contribution in [2.75, 3.05) is 7.11 Å². The Bertz CT molecular complexity index is 497. The highest BCUT2D eigenvalue weighted by Crippen LogP contribution is 2.33. The molecule has 0 spiro atoms. The van der Waals surface area contributed by atoms with Crippen molar-refractivity contribution < 1.29 is 29.2 Å². The maximum atomic E-state index is 12.3. The Labute approximate surface area is 156 Å². The van der Waals surface area contributed by atoms with E-state index in [0.29, 0.717) is 44.1 Å². The van der Waals surface area contributed by atoms with Crippen molar-refractivity contribution in [3.63, 3.8) is 0 Å². The lowest BCUT2D eigenvalue weighted by atomic mass is 9.87. The fraction of sp³-hybridized carbons (Fsp3) is 0.800. The Kier molecular flexibility index (Phi) is 8.44. The van der Waals surface area contributed by atoms with Gasteiger partial charge in [-0.1, -0.05) is 6.58 Å². The van der Waals surface area contributed by atoms with Gasteiger partial charge in [0.25, 0.3) is 0 Å². The molecule has 1 heterocycles. The number of rotatable bonds is 10. The third-order valence-electron chi connectivity index (χ3n) is 5.00. The van der Waals surface area contributed by atoms with Gasteiger partial charge in [-0.25, -0.2) is 9.78 Å². The van der Waals surface area contributed by atoms with E-state index in [9.17, 15) is 14.7 Å². The Hall–Kier alpha value is -1.24. The molecule has 1 aliphatic rings. The molecule has 0 saturated carbocycles. The predicted molar refractivity (Wildman–Crippen MR) is 98.3 cm³/mol. The molecule has 1 fully saturated rings. The molecule has 1 saturated heterocycles. The van der Waals surface area contributed by atoms with Crippen molar-refractivity contribution in [3.05, 3.63) is 12.2 Å². The highest BCUT2D eigenvalue weighted by atomic mass is 17.2. The lowest BCUT2D eigenvalue weighted by Crippen LogP contribution is -2.42. The number of Topliss-reactive ketones (excluding diaryl/α,β-unsaturated/α-hetero) is 1. The molecule has 0 aromatic carbocycles. The average Bonchev–Trinajstić information content (AvgIpc) is 2.57. The van der Waals surface area contributed by atoms with Gasteiger partial charge >= 0.3 is 5.97 Å². The van der Waals surface area contributed by atoms with Crippen LogP contribution in [0.3, 0.4) is 0 Å². The first kappa shape index (κ1) is 22.8. The van der Waals surface area contributed by atoms with Gasteiger partial charge in [0.2, 0.25) is 0 Å². The summed E-state index contributed by atoms with van der Waals surface area (Å²) in [6, 6.07) is 0. The van der Waals surface area contributed by atoms with Gasteiger partial charge in [-0.3, -0.25) is 9.59 Å². The summed E-state index contributed by atoms with van der Waals surface area (Å²) in [4.78, 5) is 34.8. The zero-order valence-corrected chi connectivity index (χ0v) is 16.8. The number of carbonyl (C=O) groups is 2. The van der Waals surface area contributed by atoms with Crippen molar-refractivity contribution in [1.82, 2.24) is 0 Å². The molecule has 3 atom stereocenters. The number of ether oxygens (including phenoxy) is 1. The number of esters is 1. The summed E-state index contributed by atoms with van der Waals surface area (Å²) >= 11 is 0. The smallest absolute Gasteiger partial charge is 0.311 e. The summed E-state index contributed by atoms with van der Waals surface area (Å²) in [6.07, 6.45) is 3.89. The van der Waals surface area contributed by atoms with Crippen LogP contribution in [0.25, 0.3) is 0 Å². The summed E-state index contributed by atoms with van der Waals surface area (Å²) in [6.45, 7) is 11.1. The lowest BCUT2D eigenvalue weighted by molar-refractivity contribution is -0.411. The van der Waals surface area contributed by atoms with Gasteiger partial charge in [0.1, 0.15) is 11.7 Å². The number of hydrogen-bond acceptors (Lipinski definition) is 6. The van der Waals surface area contributed by atoms with Crippen LogP contribution in [0.15, 0.2) is 12.2 Å². The first-order valence-electron chi connectivity index (χ1n) is 9.33. The Morgan fingerprint density at radius 3 is 2.54 bits per heavy atom. The number of carbonyl (C=O) groups excluding carboxylic acids is 2. The van der Waals surface area contributed by atoms with Crippen LogP contribution in [0, 0.1) is 5.92 Å². The van der Waals surface area contributed by atoms with Crippen LogP contribution in [-0.4, -0.2) is 41.3 Å². The van der Waals surface area contributed by atoms with E-state index in [2.05, 4.69) is 6.58 Å². The second-order valence-electron chi connectivity index (χ2n) is 8.21. The van der Waals surface area contributed by atoms with Crippen LogP contribution in [0.2, 0.25) is 0 Å². The fourth-order valence-electron chi connectivity index (χ4n) is 2.98. The third kappa shape index (κ3) is 7.56. The van der Waals surface area contributed by atoms with Crippen LogP contribution in [-0.2, 0) is 24.1 Å². The van der Waals surface area contributed by atoms with Gasteiger partial charge in [-0.2, -0.15) is 0 Å². The maximum Gasteiger partial charge on any atom is 0.311 e. The van der Waals surface area contributed by atoms with Gasteiger partial charge in [-0.05, 0) is 71.8 Å². The van der Waals surface area contributed by atoms with Crippen molar-refractivity contribution in [2.24, 2.45) is 5.92 Å². The minimum atomic E-state index is -0.720. The summed E-state index contributed by atoms with van der Waals surface area (Å²) < 4.78 is 4.73. The largest absolute Gasteiger partial charge is 0.469 e. The fourth-order valence-corrected chi connectivity index (χ4v) is 2.98. The summed E-state index contributed by atoms with van der Waals surface area (Å²) in [7, 11) is 1.35. The molecule has 0 aliphatic carbocycles. The maximum absolute atomic E-state index is 12.3. The third-order valence-corrected chi connectivity index (χ3v) is 5.00. The van der Waals surface area contributed by atoms with E-state index in [4.69, 9.17) is 14.5 Å². The summed E-state index contributed by atoms with van der Waals surface area (Å²) in [5.74, 6) is -0.683. The van der Waals surface area contributed by atoms with E-state index in [1.807, 2.05) is 6.92 Å². The molecular weight excluding hydrogens is 336 g/mol. The van der Waals surface area contributed by atoms with Gasteiger partial charge in [0, 0.05) is 6.42 Å². The molecular formula is C20H34O6. The van der Waals surface area contributed by atoms with E-state index in [1.54, 1.807) is 20.8 Å². The number of methoxy groups -OCH3 is 1. The Morgan fingerprint density at radius 1 is 1.38 bits per heavy atom. The topological polar surface area (TPSA) is 82.1 Å². The van der Waals surface area contributed by atoms with Crippen LogP contribution in [0.4, 0.5) is 0 Å². The normalized spacial score (nSPS) is 24.8. The minimum absolute atomic E-state index is 0.0237. The van der Waals surface area contributed by atoms with Gasteiger partial charge in [0.15, 0.2) is 5.78 Å². The molecule has 1 N–H and O–H groups in total. The Morgan fingerprint density at radius 2 is 2.04 bits per heavy atom. The highest BCUT2D eigenvalue weighted by molar-refractivity contribution is 5.94. The van der Waals surface area contributed by atoms with Crippen molar-refractivity contribution in [2.45, 2.75) is 89.9 Å². The first-order chi connectivity index (χ1) is 12.0. The molecule has 0 amide bonds. The quantitative estimate of drug-likeness (QED) is 0.360. The van der Waals surface area contributed by atoms with E-state index in [-0.39, 0.29) is 23.8 Å².